The van der Waals surface area contributed by atoms with E-state index in [0.29, 0.717) is 17.9 Å². The van der Waals surface area contributed by atoms with Gasteiger partial charge in [-0.25, -0.2) is 9.37 Å². The number of Topliss-reactive ketones (excluding diaryl/α,β-unsaturated/α-hetero) is 1. The number of ketones is 1. The number of carbonyl (C=O) groups is 1. The topological polar surface area (TPSA) is 95.8 Å². The van der Waals surface area contributed by atoms with Gasteiger partial charge >= 0.3 is 0 Å². The van der Waals surface area contributed by atoms with Crippen molar-refractivity contribution in [1.29, 1.82) is 0 Å². The molecule has 0 atom stereocenters. The van der Waals surface area contributed by atoms with Gasteiger partial charge in [0.25, 0.3) is 0 Å². The van der Waals surface area contributed by atoms with Crippen LogP contribution in [0, 0.1) is 12.7 Å². The average Bonchev–Trinajstić information content (AvgIpc) is 3.34. The zero-order valence-electron chi connectivity index (χ0n) is 21.1. The molecule has 0 bridgehead atoms. The van der Waals surface area contributed by atoms with Gasteiger partial charge in [-0.05, 0) is 41.8 Å². The summed E-state index contributed by atoms with van der Waals surface area (Å²) in [5, 5.41) is 4.21. The van der Waals surface area contributed by atoms with Crippen molar-refractivity contribution < 1.29 is 9.18 Å². The third-order valence-corrected chi connectivity index (χ3v) is 6.42. The fourth-order valence-electron chi connectivity index (χ4n) is 4.39. The molecule has 7 nitrogen and oxygen atoms in total. The second kappa shape index (κ2) is 10.3. The molecule has 0 saturated carbocycles. The zero-order valence-corrected chi connectivity index (χ0v) is 21.1. The molecular weight excluding hydrogens is 481 g/mol. The first-order valence-electron chi connectivity index (χ1n) is 12.1. The number of pyridine rings is 2. The van der Waals surface area contributed by atoms with Gasteiger partial charge in [0.2, 0.25) is 0 Å². The largest absolute Gasteiger partial charge is 0.383 e. The van der Waals surface area contributed by atoms with Crippen molar-refractivity contribution >= 4 is 11.6 Å². The lowest BCUT2D eigenvalue weighted by atomic mass is 9.98. The van der Waals surface area contributed by atoms with Crippen LogP contribution in [0.1, 0.15) is 27.0 Å². The number of hydrogen-bond acceptors (Lipinski definition) is 5. The summed E-state index contributed by atoms with van der Waals surface area (Å²) in [4.78, 5) is 30.3. The third-order valence-electron chi connectivity index (χ3n) is 6.42. The average molecular weight is 508 g/mol. The van der Waals surface area contributed by atoms with Crippen molar-refractivity contribution in [3.8, 4) is 22.3 Å². The Labute approximate surface area is 219 Å². The number of nitrogen functional groups attached to an aromatic ring is 1. The van der Waals surface area contributed by atoms with Crippen LogP contribution >= 0.6 is 0 Å². The Hall–Kier alpha value is -4.85. The highest BCUT2D eigenvalue weighted by molar-refractivity contribution is 5.97. The summed E-state index contributed by atoms with van der Waals surface area (Å²) in [6, 6.07) is 15.6. The molecule has 8 heteroatoms. The van der Waals surface area contributed by atoms with E-state index >= 15 is 0 Å². The van der Waals surface area contributed by atoms with Gasteiger partial charge in [-0.3, -0.25) is 14.3 Å². The minimum Gasteiger partial charge on any atom is -0.383 e. The second-order valence-corrected chi connectivity index (χ2v) is 9.34. The van der Waals surface area contributed by atoms with Gasteiger partial charge in [-0.2, -0.15) is 5.10 Å². The molecule has 5 rings (SSSR count). The summed E-state index contributed by atoms with van der Waals surface area (Å²) in [5.41, 5.74) is 11.6. The Morgan fingerprint density at radius 2 is 1.63 bits per heavy atom. The van der Waals surface area contributed by atoms with Crippen LogP contribution in [0.5, 0.6) is 0 Å². The van der Waals surface area contributed by atoms with Crippen molar-refractivity contribution in [1.82, 2.24) is 19.3 Å². The number of aromatic nitrogens is 4. The molecule has 0 saturated heterocycles. The number of halogens is 1. The number of nitrogens with two attached hydrogens (primary N) is 1. The Balaban J connectivity index is 1.36. The van der Waals surface area contributed by atoms with Crippen molar-refractivity contribution in [2.75, 3.05) is 5.73 Å². The normalized spacial score (nSPS) is 11.0. The van der Waals surface area contributed by atoms with Gasteiger partial charge in [-0.15, -0.1) is 0 Å². The molecule has 0 fully saturated rings. The molecule has 0 aliphatic rings. The Morgan fingerprint density at radius 1 is 0.921 bits per heavy atom. The van der Waals surface area contributed by atoms with E-state index in [1.165, 1.54) is 12.1 Å². The smallest absolute Gasteiger partial charge is 0.195 e. The van der Waals surface area contributed by atoms with Gasteiger partial charge in [0.1, 0.15) is 11.6 Å². The highest BCUT2D eigenvalue weighted by atomic mass is 19.1. The Bertz CT molecular complexity index is 1690. The standard InChI is InChI=1S/C30H26FN5O2/c1-19-15-36(16-21-5-9-25(31)10-6-21)18-27(29(19)38)28(37)11-20-3-7-22(8-4-20)26-12-23(13-33-30(26)32)24-14-34-35(2)17-24/h3-10,12-15,17-18H,11,16H2,1-2H3,(H2,32,33). The second-order valence-electron chi connectivity index (χ2n) is 9.34. The number of carbonyl (C=O) groups excluding carboxylic acids is 1. The predicted molar refractivity (Wildman–Crippen MR) is 145 cm³/mol. The maximum absolute atomic E-state index is 13.2. The van der Waals surface area contributed by atoms with Crippen LogP contribution in [0.15, 0.2) is 90.4 Å². The minimum absolute atomic E-state index is 0.0823. The summed E-state index contributed by atoms with van der Waals surface area (Å²) >= 11 is 0. The number of rotatable bonds is 7. The van der Waals surface area contributed by atoms with Crippen LogP contribution in [0.3, 0.4) is 0 Å². The highest BCUT2D eigenvalue weighted by Crippen LogP contribution is 2.29. The lowest BCUT2D eigenvalue weighted by Gasteiger charge is -2.11. The molecule has 38 heavy (non-hydrogen) atoms. The molecule has 0 aliphatic heterocycles. The monoisotopic (exact) mass is 507 g/mol. The Kier molecular flexibility index (Phi) is 6.70. The van der Waals surface area contributed by atoms with E-state index in [4.69, 9.17) is 5.73 Å². The Morgan fingerprint density at radius 3 is 2.32 bits per heavy atom. The first-order valence-corrected chi connectivity index (χ1v) is 12.1. The van der Waals surface area contributed by atoms with Gasteiger partial charge in [0.05, 0.1) is 11.8 Å². The third kappa shape index (κ3) is 5.29. The summed E-state index contributed by atoms with van der Waals surface area (Å²) in [6.45, 7) is 2.11. The molecule has 0 aliphatic carbocycles. The van der Waals surface area contributed by atoms with Gasteiger partial charge in [0, 0.05) is 67.1 Å². The minimum atomic E-state index is -0.313. The molecule has 5 aromatic rings. The maximum Gasteiger partial charge on any atom is 0.195 e. The fraction of sp³-hybridized carbons (Fsp3) is 0.133. The van der Waals surface area contributed by atoms with E-state index in [2.05, 4.69) is 10.1 Å². The van der Waals surface area contributed by atoms with Crippen LogP contribution in [-0.2, 0) is 20.0 Å². The van der Waals surface area contributed by atoms with Crippen molar-refractivity contribution in [2.45, 2.75) is 19.9 Å². The lowest BCUT2D eigenvalue weighted by Crippen LogP contribution is -2.21. The highest BCUT2D eigenvalue weighted by Gasteiger charge is 2.15. The van der Waals surface area contributed by atoms with Crippen molar-refractivity contribution in [3.05, 3.63) is 124 Å². The van der Waals surface area contributed by atoms with Gasteiger partial charge in [-0.1, -0.05) is 36.4 Å². The lowest BCUT2D eigenvalue weighted by molar-refractivity contribution is 0.0991. The molecule has 0 unspecified atom stereocenters. The number of benzene rings is 2. The quantitative estimate of drug-likeness (QED) is 0.319. The first kappa shape index (κ1) is 24.8. The molecule has 0 amide bonds. The zero-order chi connectivity index (χ0) is 26.8. The summed E-state index contributed by atoms with van der Waals surface area (Å²) < 4.78 is 16.8. The summed E-state index contributed by atoms with van der Waals surface area (Å²) in [6.07, 6.45) is 8.75. The van der Waals surface area contributed by atoms with Crippen molar-refractivity contribution in [2.24, 2.45) is 7.05 Å². The molecule has 3 aromatic heterocycles. The van der Waals surface area contributed by atoms with Gasteiger partial charge in [0.15, 0.2) is 11.2 Å². The maximum atomic E-state index is 13.2. The number of anilines is 1. The SMILES string of the molecule is Cc1cn(Cc2ccc(F)cc2)cc(C(=O)Cc2ccc(-c3cc(-c4cnn(C)c4)cnc3N)cc2)c1=O. The first-order chi connectivity index (χ1) is 18.3. The summed E-state index contributed by atoms with van der Waals surface area (Å²) in [5.74, 6) is -0.172. The molecule has 2 aromatic carbocycles. The predicted octanol–water partition coefficient (Wildman–Crippen LogP) is 4.81. The van der Waals surface area contributed by atoms with Crippen molar-refractivity contribution in [3.63, 3.8) is 0 Å². The number of hydrogen-bond donors (Lipinski definition) is 1. The van der Waals surface area contributed by atoms with Crippen LogP contribution in [-0.4, -0.2) is 25.1 Å². The molecule has 0 radical (unpaired) electrons. The molecule has 2 N–H and O–H groups in total. The van der Waals surface area contributed by atoms with E-state index in [9.17, 15) is 14.0 Å². The molecule has 0 spiro atoms. The number of nitrogens with zero attached hydrogens (tertiary/aromatic N) is 4. The van der Waals surface area contributed by atoms with Crippen LogP contribution < -0.4 is 11.2 Å². The van der Waals surface area contributed by atoms with E-state index < -0.39 is 0 Å². The molecule has 190 valence electrons. The number of aryl methyl sites for hydroxylation is 2. The van der Waals surface area contributed by atoms with Crippen LogP contribution in [0.4, 0.5) is 10.2 Å². The molecule has 3 heterocycles. The molecular formula is C30H26FN5O2. The summed E-state index contributed by atoms with van der Waals surface area (Å²) in [7, 11) is 1.85. The van der Waals surface area contributed by atoms with E-state index in [1.54, 1.807) is 53.1 Å². The van der Waals surface area contributed by atoms with E-state index in [0.717, 1.165) is 33.4 Å². The van der Waals surface area contributed by atoms with Crippen LogP contribution in [0.2, 0.25) is 0 Å². The fourth-order valence-corrected chi connectivity index (χ4v) is 4.39. The van der Waals surface area contributed by atoms with Crippen LogP contribution in [0.25, 0.3) is 22.3 Å². The van der Waals surface area contributed by atoms with Gasteiger partial charge < -0.3 is 10.3 Å². The van der Waals surface area contributed by atoms with E-state index in [1.807, 2.05) is 43.6 Å². The van der Waals surface area contributed by atoms with E-state index in [-0.39, 0.29) is 29.0 Å².